The van der Waals surface area contributed by atoms with Crippen LogP contribution in [0, 0.1) is 0 Å². The highest BCUT2D eigenvalue weighted by molar-refractivity contribution is 7.14. The third kappa shape index (κ3) is 5.79. The van der Waals surface area contributed by atoms with Crippen molar-refractivity contribution in [2.24, 2.45) is 0 Å². The van der Waals surface area contributed by atoms with Crippen molar-refractivity contribution in [2.75, 3.05) is 5.32 Å². The van der Waals surface area contributed by atoms with Crippen LogP contribution in [0.2, 0.25) is 10.0 Å². The van der Waals surface area contributed by atoms with E-state index in [1.165, 1.54) is 11.3 Å². The molecule has 2 N–H and O–H groups in total. The summed E-state index contributed by atoms with van der Waals surface area (Å²) in [5.74, 6) is -0.338. The molecule has 3 rings (SSSR count). The van der Waals surface area contributed by atoms with Crippen LogP contribution >= 0.6 is 34.5 Å². The number of benzene rings is 2. The van der Waals surface area contributed by atoms with Crippen molar-refractivity contribution in [1.82, 2.24) is 10.3 Å². The second kappa shape index (κ2) is 9.68. The fraction of sp³-hybridized carbons (Fsp3) is 0.150. The molecule has 0 aliphatic heterocycles. The molecule has 0 saturated heterocycles. The van der Waals surface area contributed by atoms with Gasteiger partial charge in [-0.15, -0.1) is 11.3 Å². The normalized spacial score (nSPS) is 10.5. The summed E-state index contributed by atoms with van der Waals surface area (Å²) in [7, 11) is 0. The third-order valence-corrected chi connectivity index (χ3v) is 5.35. The third-order valence-electron chi connectivity index (χ3n) is 3.92. The zero-order valence-electron chi connectivity index (χ0n) is 14.7. The summed E-state index contributed by atoms with van der Waals surface area (Å²) >= 11 is 13.2. The fourth-order valence-corrected chi connectivity index (χ4v) is 3.48. The van der Waals surface area contributed by atoms with Crippen LogP contribution in [0.3, 0.4) is 0 Å². The summed E-state index contributed by atoms with van der Waals surface area (Å²) in [6, 6.07) is 14.0. The lowest BCUT2D eigenvalue weighted by Gasteiger charge is -2.06. The minimum absolute atomic E-state index is 0.0836. The van der Waals surface area contributed by atoms with Crippen molar-refractivity contribution >= 4 is 51.5 Å². The lowest BCUT2D eigenvalue weighted by molar-refractivity contribution is -0.121. The van der Waals surface area contributed by atoms with Gasteiger partial charge < -0.3 is 5.32 Å². The van der Waals surface area contributed by atoms with Gasteiger partial charge in [-0.25, -0.2) is 4.98 Å². The maximum absolute atomic E-state index is 12.2. The summed E-state index contributed by atoms with van der Waals surface area (Å²) in [4.78, 5) is 28.6. The number of nitrogens with one attached hydrogen (secondary N) is 2. The molecule has 144 valence electrons. The number of carbonyl (C=O) groups is 2. The molecule has 1 heterocycles. The van der Waals surface area contributed by atoms with Gasteiger partial charge in [0.05, 0.1) is 5.69 Å². The molecule has 0 unspecified atom stereocenters. The topological polar surface area (TPSA) is 71.1 Å². The molecule has 0 saturated carbocycles. The molecule has 5 nitrogen and oxygen atoms in total. The largest absolute Gasteiger partial charge is 0.352 e. The van der Waals surface area contributed by atoms with E-state index in [0.29, 0.717) is 40.1 Å². The van der Waals surface area contributed by atoms with Gasteiger partial charge in [0.15, 0.2) is 5.13 Å². The van der Waals surface area contributed by atoms with Crippen molar-refractivity contribution in [3.05, 3.63) is 80.8 Å². The van der Waals surface area contributed by atoms with Crippen molar-refractivity contribution in [3.8, 4) is 0 Å². The van der Waals surface area contributed by atoms with Gasteiger partial charge in [0, 0.05) is 34.0 Å². The summed E-state index contributed by atoms with van der Waals surface area (Å²) in [6.45, 7) is 0.387. The average Bonchev–Trinajstić information content (AvgIpc) is 3.13. The van der Waals surface area contributed by atoms with Crippen LogP contribution in [-0.4, -0.2) is 16.8 Å². The standard InChI is InChI=1S/C20H17Cl2N3O2S/c21-15-7-5-13(6-8-15)19(27)25-20-24-16(12-28-20)9-10-18(26)23-11-14-3-1-2-4-17(14)22/h1-8,12H,9-11H2,(H,23,26)(H,24,25,27). The lowest BCUT2D eigenvalue weighted by Crippen LogP contribution is -2.23. The van der Waals surface area contributed by atoms with Crippen LogP contribution in [0.15, 0.2) is 53.9 Å². The molecule has 0 bridgehead atoms. The van der Waals surface area contributed by atoms with Gasteiger partial charge in [-0.1, -0.05) is 41.4 Å². The number of thiazole rings is 1. The highest BCUT2D eigenvalue weighted by Gasteiger charge is 2.10. The summed E-state index contributed by atoms with van der Waals surface area (Å²) in [6.07, 6.45) is 0.792. The smallest absolute Gasteiger partial charge is 0.257 e. The van der Waals surface area contributed by atoms with E-state index < -0.39 is 0 Å². The van der Waals surface area contributed by atoms with Crippen LogP contribution in [0.4, 0.5) is 5.13 Å². The van der Waals surface area contributed by atoms with E-state index in [1.54, 1.807) is 30.3 Å². The fourth-order valence-electron chi connectivity index (χ4n) is 2.42. The van der Waals surface area contributed by atoms with Crippen LogP contribution in [0.1, 0.15) is 28.0 Å². The molecule has 8 heteroatoms. The summed E-state index contributed by atoms with van der Waals surface area (Å²) < 4.78 is 0. The predicted molar refractivity (Wildman–Crippen MR) is 113 cm³/mol. The number of nitrogens with zero attached hydrogens (tertiary/aromatic N) is 1. The Morgan fingerprint density at radius 3 is 2.54 bits per heavy atom. The highest BCUT2D eigenvalue weighted by Crippen LogP contribution is 2.19. The van der Waals surface area contributed by atoms with Gasteiger partial charge in [0.25, 0.3) is 5.91 Å². The zero-order valence-corrected chi connectivity index (χ0v) is 17.1. The average molecular weight is 434 g/mol. The number of rotatable bonds is 7. The number of halogens is 2. The van der Waals surface area contributed by atoms with Crippen LogP contribution in [0.25, 0.3) is 0 Å². The molecule has 0 fully saturated rings. The Labute approximate surface area is 176 Å². The maximum atomic E-state index is 12.2. The van der Waals surface area contributed by atoms with E-state index in [9.17, 15) is 9.59 Å². The molecule has 28 heavy (non-hydrogen) atoms. The molecule has 0 aliphatic rings. The maximum Gasteiger partial charge on any atom is 0.257 e. The number of hydrogen-bond donors (Lipinski definition) is 2. The predicted octanol–water partition coefficient (Wildman–Crippen LogP) is 4.95. The van der Waals surface area contributed by atoms with Gasteiger partial charge >= 0.3 is 0 Å². The Morgan fingerprint density at radius 2 is 1.79 bits per heavy atom. The summed E-state index contributed by atoms with van der Waals surface area (Å²) in [5.41, 5.74) is 2.13. The number of amides is 2. The summed E-state index contributed by atoms with van der Waals surface area (Å²) in [5, 5.41) is 9.12. The molecular formula is C20H17Cl2N3O2S. The number of carbonyl (C=O) groups excluding carboxylic acids is 2. The van der Waals surface area contributed by atoms with Crippen molar-refractivity contribution < 1.29 is 9.59 Å². The molecule has 0 spiro atoms. The van der Waals surface area contributed by atoms with Crippen LogP contribution in [0.5, 0.6) is 0 Å². The van der Waals surface area contributed by atoms with Gasteiger partial charge in [-0.2, -0.15) is 0 Å². The molecule has 2 amide bonds. The van der Waals surface area contributed by atoms with E-state index >= 15 is 0 Å². The minimum atomic E-state index is -0.255. The van der Waals surface area contributed by atoms with E-state index in [-0.39, 0.29) is 11.8 Å². The van der Waals surface area contributed by atoms with Gasteiger partial charge in [0.2, 0.25) is 5.91 Å². The van der Waals surface area contributed by atoms with Crippen molar-refractivity contribution in [3.63, 3.8) is 0 Å². The Hall–Kier alpha value is -2.41. The quantitative estimate of drug-likeness (QED) is 0.553. The first-order chi connectivity index (χ1) is 13.5. The highest BCUT2D eigenvalue weighted by atomic mass is 35.5. The number of hydrogen-bond acceptors (Lipinski definition) is 4. The van der Waals surface area contributed by atoms with E-state index in [2.05, 4.69) is 15.6 Å². The molecule has 0 radical (unpaired) electrons. The van der Waals surface area contributed by atoms with Crippen LogP contribution < -0.4 is 10.6 Å². The number of anilines is 1. The molecule has 0 aliphatic carbocycles. The first kappa shape index (κ1) is 20.3. The molecule has 1 aromatic heterocycles. The first-order valence-electron chi connectivity index (χ1n) is 8.52. The number of aromatic nitrogens is 1. The Balaban J connectivity index is 1.46. The van der Waals surface area contributed by atoms with Gasteiger partial charge in [-0.05, 0) is 42.3 Å². The second-order valence-corrected chi connectivity index (χ2v) is 7.67. The monoisotopic (exact) mass is 433 g/mol. The van der Waals surface area contributed by atoms with Gasteiger partial charge in [0.1, 0.15) is 0 Å². The molecule has 2 aromatic carbocycles. The lowest BCUT2D eigenvalue weighted by atomic mass is 10.2. The van der Waals surface area contributed by atoms with Crippen LogP contribution in [-0.2, 0) is 17.8 Å². The van der Waals surface area contributed by atoms with E-state index in [1.807, 2.05) is 23.6 Å². The van der Waals surface area contributed by atoms with E-state index in [4.69, 9.17) is 23.2 Å². The second-order valence-electron chi connectivity index (χ2n) is 5.97. The van der Waals surface area contributed by atoms with Crippen molar-refractivity contribution in [1.29, 1.82) is 0 Å². The zero-order chi connectivity index (χ0) is 19.9. The van der Waals surface area contributed by atoms with Crippen molar-refractivity contribution in [2.45, 2.75) is 19.4 Å². The molecule has 3 aromatic rings. The first-order valence-corrected chi connectivity index (χ1v) is 10.2. The van der Waals surface area contributed by atoms with Gasteiger partial charge in [-0.3, -0.25) is 14.9 Å². The van der Waals surface area contributed by atoms with E-state index in [0.717, 1.165) is 11.3 Å². The molecular weight excluding hydrogens is 417 g/mol. The minimum Gasteiger partial charge on any atom is -0.352 e. The Bertz CT molecular complexity index is 974. The Kier molecular flexibility index (Phi) is 7.03. The Morgan fingerprint density at radius 1 is 1.04 bits per heavy atom. The molecule has 0 atom stereocenters. The number of aryl methyl sites for hydroxylation is 1. The SMILES string of the molecule is O=C(CCc1csc(NC(=O)c2ccc(Cl)cc2)n1)NCc1ccccc1Cl.